The molecular weight excluding hydrogens is 336 g/mol. The number of hydrogen-bond acceptors (Lipinski definition) is 3. The Kier molecular flexibility index (Phi) is 7.04. The Morgan fingerprint density at radius 2 is 2.00 bits per heavy atom. The van der Waals surface area contributed by atoms with Crippen LogP contribution in [0.1, 0.15) is 56.7 Å². The third kappa shape index (κ3) is 5.93. The molecule has 0 unspecified atom stereocenters. The molecule has 3 rings (SSSR count). The van der Waals surface area contributed by atoms with Crippen molar-refractivity contribution in [3.05, 3.63) is 54.1 Å². The highest BCUT2D eigenvalue weighted by atomic mass is 16.2. The molecular formula is C22H32N4O. The number of rotatable bonds is 8. The van der Waals surface area contributed by atoms with Crippen LogP contribution in [0.25, 0.3) is 0 Å². The molecule has 1 amide bonds. The molecule has 1 fully saturated rings. The Hall–Kier alpha value is -2.14. The van der Waals surface area contributed by atoms with Crippen LogP contribution in [-0.4, -0.2) is 27.5 Å². The molecule has 1 aromatic carbocycles. The first kappa shape index (κ1) is 19.6. The zero-order valence-corrected chi connectivity index (χ0v) is 16.3. The molecule has 1 heterocycles. The van der Waals surface area contributed by atoms with Gasteiger partial charge in [0.05, 0.1) is 18.1 Å². The number of carbonyl (C=O) groups excluding carboxylic acids is 1. The third-order valence-corrected chi connectivity index (χ3v) is 5.55. The number of carbonyl (C=O) groups is 1. The van der Waals surface area contributed by atoms with Gasteiger partial charge in [-0.1, -0.05) is 50.1 Å². The van der Waals surface area contributed by atoms with E-state index in [2.05, 4.69) is 29.4 Å². The van der Waals surface area contributed by atoms with Crippen LogP contribution in [0, 0.1) is 5.92 Å². The minimum Gasteiger partial charge on any atom is -0.352 e. The predicted molar refractivity (Wildman–Crippen MR) is 108 cm³/mol. The number of hydrogen-bond donors (Lipinski definition) is 2. The van der Waals surface area contributed by atoms with Crippen molar-refractivity contribution in [2.45, 2.75) is 70.5 Å². The van der Waals surface area contributed by atoms with Gasteiger partial charge in [0.25, 0.3) is 0 Å². The number of amides is 1. The van der Waals surface area contributed by atoms with Gasteiger partial charge < -0.3 is 15.6 Å². The number of benzene rings is 1. The average molecular weight is 369 g/mol. The van der Waals surface area contributed by atoms with Crippen molar-refractivity contribution >= 4 is 5.91 Å². The highest BCUT2D eigenvalue weighted by Crippen LogP contribution is 2.27. The molecule has 3 N–H and O–H groups in total. The molecule has 146 valence electrons. The van der Waals surface area contributed by atoms with E-state index in [0.717, 1.165) is 31.0 Å². The van der Waals surface area contributed by atoms with Gasteiger partial charge in [-0.15, -0.1) is 0 Å². The van der Waals surface area contributed by atoms with Crippen LogP contribution < -0.4 is 11.1 Å². The smallest absolute Gasteiger partial charge is 0.237 e. The van der Waals surface area contributed by atoms with Crippen molar-refractivity contribution in [1.82, 2.24) is 14.9 Å². The maximum Gasteiger partial charge on any atom is 0.237 e. The summed E-state index contributed by atoms with van der Waals surface area (Å²) in [4.78, 5) is 16.9. The first-order chi connectivity index (χ1) is 13.1. The Bertz CT molecular complexity index is 704. The Morgan fingerprint density at radius 3 is 2.70 bits per heavy atom. The van der Waals surface area contributed by atoms with Crippen molar-refractivity contribution in [1.29, 1.82) is 0 Å². The SMILES string of the molecule is CCCC1CCC(NC(=O)[C@@H](N)Cc2cn(Cc3ccccc3)cn2)CC1. The first-order valence-electron chi connectivity index (χ1n) is 10.2. The summed E-state index contributed by atoms with van der Waals surface area (Å²) < 4.78 is 2.03. The summed E-state index contributed by atoms with van der Waals surface area (Å²) in [7, 11) is 0. The van der Waals surface area contributed by atoms with Gasteiger partial charge in [0.1, 0.15) is 0 Å². The summed E-state index contributed by atoms with van der Waals surface area (Å²) in [6.07, 6.45) is 11.4. The fourth-order valence-corrected chi connectivity index (χ4v) is 4.02. The van der Waals surface area contributed by atoms with Crippen LogP contribution in [-0.2, 0) is 17.8 Å². The fraction of sp³-hybridized carbons (Fsp3) is 0.545. The zero-order valence-electron chi connectivity index (χ0n) is 16.3. The molecule has 0 bridgehead atoms. The van der Waals surface area contributed by atoms with Gasteiger partial charge in [-0.3, -0.25) is 4.79 Å². The van der Waals surface area contributed by atoms with Gasteiger partial charge in [0.2, 0.25) is 5.91 Å². The number of nitrogens with one attached hydrogen (secondary N) is 1. The minimum atomic E-state index is -0.543. The van der Waals surface area contributed by atoms with Crippen LogP contribution in [0.15, 0.2) is 42.9 Å². The van der Waals surface area contributed by atoms with E-state index < -0.39 is 6.04 Å². The summed E-state index contributed by atoms with van der Waals surface area (Å²) in [6, 6.07) is 10.00. The highest BCUT2D eigenvalue weighted by Gasteiger charge is 2.24. The fourth-order valence-electron chi connectivity index (χ4n) is 4.02. The predicted octanol–water partition coefficient (Wildman–Crippen LogP) is 3.28. The molecule has 0 saturated heterocycles. The lowest BCUT2D eigenvalue weighted by Gasteiger charge is -2.29. The molecule has 27 heavy (non-hydrogen) atoms. The second-order valence-electron chi connectivity index (χ2n) is 7.85. The second-order valence-corrected chi connectivity index (χ2v) is 7.85. The number of nitrogens with two attached hydrogens (primary N) is 1. The molecule has 2 aromatic rings. The molecule has 0 aliphatic heterocycles. The van der Waals surface area contributed by atoms with Crippen molar-refractivity contribution in [2.75, 3.05) is 0 Å². The summed E-state index contributed by atoms with van der Waals surface area (Å²) in [5.41, 5.74) is 8.23. The molecule has 1 aromatic heterocycles. The standard InChI is InChI=1S/C22H32N4O/c1-2-6-17-9-11-19(12-10-17)25-22(27)21(23)13-20-15-26(16-24-20)14-18-7-4-3-5-8-18/h3-5,7-8,15-17,19,21H,2,6,9-14,23H2,1H3,(H,25,27)/t17?,19?,21-/m0/s1. The van der Waals surface area contributed by atoms with E-state index in [4.69, 9.17) is 5.73 Å². The molecule has 1 aliphatic rings. The molecule has 5 nitrogen and oxygen atoms in total. The summed E-state index contributed by atoms with van der Waals surface area (Å²) in [5, 5.41) is 3.15. The van der Waals surface area contributed by atoms with Gasteiger partial charge in [-0.25, -0.2) is 4.98 Å². The van der Waals surface area contributed by atoms with Crippen LogP contribution in [0.2, 0.25) is 0 Å². The first-order valence-corrected chi connectivity index (χ1v) is 10.2. The van der Waals surface area contributed by atoms with Crippen LogP contribution >= 0.6 is 0 Å². The maximum atomic E-state index is 12.4. The minimum absolute atomic E-state index is 0.0495. The largest absolute Gasteiger partial charge is 0.352 e. The van der Waals surface area contributed by atoms with E-state index in [-0.39, 0.29) is 11.9 Å². The normalized spacial score (nSPS) is 21.0. The molecule has 0 radical (unpaired) electrons. The van der Waals surface area contributed by atoms with Gasteiger partial charge in [-0.05, 0) is 37.2 Å². The Labute approximate surface area is 162 Å². The maximum absolute atomic E-state index is 12.4. The topological polar surface area (TPSA) is 72.9 Å². The lowest BCUT2D eigenvalue weighted by Crippen LogP contribution is -2.47. The molecule has 5 heteroatoms. The van der Waals surface area contributed by atoms with Crippen molar-refractivity contribution < 1.29 is 4.79 Å². The van der Waals surface area contributed by atoms with E-state index in [9.17, 15) is 4.79 Å². The summed E-state index contributed by atoms with van der Waals surface area (Å²) in [5.74, 6) is 0.789. The molecule has 1 saturated carbocycles. The third-order valence-electron chi connectivity index (χ3n) is 5.55. The Morgan fingerprint density at radius 1 is 1.26 bits per heavy atom. The van der Waals surface area contributed by atoms with Gasteiger partial charge in [-0.2, -0.15) is 0 Å². The van der Waals surface area contributed by atoms with E-state index >= 15 is 0 Å². The van der Waals surface area contributed by atoms with E-state index in [1.807, 2.05) is 35.3 Å². The average Bonchev–Trinajstić information content (AvgIpc) is 3.11. The summed E-state index contributed by atoms with van der Waals surface area (Å²) >= 11 is 0. The molecule has 1 atom stereocenters. The van der Waals surface area contributed by atoms with Crippen molar-refractivity contribution in [2.24, 2.45) is 11.7 Å². The van der Waals surface area contributed by atoms with Crippen LogP contribution in [0.4, 0.5) is 0 Å². The van der Waals surface area contributed by atoms with Crippen molar-refractivity contribution in [3.63, 3.8) is 0 Å². The lowest BCUT2D eigenvalue weighted by atomic mass is 9.83. The van der Waals surface area contributed by atoms with Gasteiger partial charge in [0, 0.05) is 25.2 Å². The number of aromatic nitrogens is 2. The quantitative estimate of drug-likeness (QED) is 0.751. The van der Waals surface area contributed by atoms with E-state index in [1.54, 1.807) is 0 Å². The number of nitrogens with zero attached hydrogens (tertiary/aromatic N) is 2. The van der Waals surface area contributed by atoms with Gasteiger partial charge >= 0.3 is 0 Å². The van der Waals surface area contributed by atoms with Crippen LogP contribution in [0.5, 0.6) is 0 Å². The number of imidazole rings is 1. The van der Waals surface area contributed by atoms with Crippen molar-refractivity contribution in [3.8, 4) is 0 Å². The molecule has 0 spiro atoms. The summed E-state index contributed by atoms with van der Waals surface area (Å²) in [6.45, 7) is 3.02. The Balaban J connectivity index is 1.44. The zero-order chi connectivity index (χ0) is 19.1. The van der Waals surface area contributed by atoms with Crippen LogP contribution in [0.3, 0.4) is 0 Å². The lowest BCUT2D eigenvalue weighted by molar-refractivity contribution is -0.123. The monoisotopic (exact) mass is 368 g/mol. The molecule has 1 aliphatic carbocycles. The van der Waals surface area contributed by atoms with E-state index in [1.165, 1.54) is 31.2 Å². The van der Waals surface area contributed by atoms with E-state index in [0.29, 0.717) is 6.42 Å². The highest BCUT2D eigenvalue weighted by molar-refractivity contribution is 5.82. The van der Waals surface area contributed by atoms with Gasteiger partial charge in [0.15, 0.2) is 0 Å². The second kappa shape index (κ2) is 9.70.